The van der Waals surface area contributed by atoms with Gasteiger partial charge in [0.15, 0.2) is 11.6 Å². The van der Waals surface area contributed by atoms with E-state index in [1.165, 1.54) is 29.3 Å². The largest absolute Gasteiger partial charge is 0.491 e. The molecule has 0 fully saturated rings. The number of aromatic nitrogens is 3. The molecular formula is C18H19FN4O3S. The molecular weight excluding hydrogens is 371 g/mol. The Morgan fingerprint density at radius 3 is 2.48 bits per heavy atom. The molecule has 0 amide bonds. The summed E-state index contributed by atoms with van der Waals surface area (Å²) in [7, 11) is -3.98. The molecule has 0 radical (unpaired) electrons. The molecule has 1 atom stereocenters. The second-order valence-electron chi connectivity index (χ2n) is 5.69. The average Bonchev–Trinajstić information content (AvgIpc) is 3.16. The molecule has 142 valence electrons. The van der Waals surface area contributed by atoms with Gasteiger partial charge in [0.25, 0.3) is 0 Å². The number of nitrogens with zero attached hydrogens (tertiary/aromatic N) is 3. The number of rotatable bonds is 8. The van der Waals surface area contributed by atoms with Gasteiger partial charge in [0.2, 0.25) is 10.0 Å². The van der Waals surface area contributed by atoms with Crippen molar-refractivity contribution in [2.45, 2.75) is 24.4 Å². The van der Waals surface area contributed by atoms with Crippen LogP contribution >= 0.6 is 0 Å². The number of hydrogen-bond donors (Lipinski definition) is 1. The summed E-state index contributed by atoms with van der Waals surface area (Å²) in [6.45, 7) is 2.20. The Morgan fingerprint density at radius 2 is 1.85 bits per heavy atom. The first-order valence-corrected chi connectivity index (χ1v) is 9.81. The molecule has 0 aliphatic rings. The van der Waals surface area contributed by atoms with Crippen molar-refractivity contribution in [3.63, 3.8) is 0 Å². The second kappa shape index (κ2) is 8.28. The van der Waals surface area contributed by atoms with Gasteiger partial charge in [0.1, 0.15) is 0 Å². The van der Waals surface area contributed by atoms with E-state index in [4.69, 9.17) is 4.74 Å². The van der Waals surface area contributed by atoms with Crippen LogP contribution in [0.4, 0.5) is 4.39 Å². The molecule has 3 rings (SSSR count). The third-order valence-electron chi connectivity index (χ3n) is 3.83. The molecule has 7 nitrogen and oxygen atoms in total. The Morgan fingerprint density at radius 1 is 1.15 bits per heavy atom. The van der Waals surface area contributed by atoms with Crippen LogP contribution in [-0.4, -0.2) is 30.0 Å². The van der Waals surface area contributed by atoms with Crippen LogP contribution in [0.3, 0.4) is 0 Å². The number of hydrogen-bond acceptors (Lipinski definition) is 5. The maximum Gasteiger partial charge on any atom is 0.241 e. The second-order valence-corrected chi connectivity index (χ2v) is 7.41. The smallest absolute Gasteiger partial charge is 0.241 e. The van der Waals surface area contributed by atoms with Crippen LogP contribution in [0.2, 0.25) is 0 Å². The van der Waals surface area contributed by atoms with Crippen molar-refractivity contribution >= 4 is 10.0 Å². The van der Waals surface area contributed by atoms with Crippen molar-refractivity contribution in [2.24, 2.45) is 0 Å². The maximum absolute atomic E-state index is 14.1. The van der Waals surface area contributed by atoms with Gasteiger partial charge in [0.05, 0.1) is 36.5 Å². The minimum absolute atomic E-state index is 0.0109. The average molecular weight is 390 g/mol. The Balaban J connectivity index is 1.88. The van der Waals surface area contributed by atoms with Gasteiger partial charge in [-0.15, -0.1) is 0 Å². The minimum atomic E-state index is -3.98. The lowest BCUT2D eigenvalue weighted by Crippen LogP contribution is -2.32. The molecule has 0 saturated heterocycles. The van der Waals surface area contributed by atoms with E-state index in [9.17, 15) is 12.8 Å². The van der Waals surface area contributed by atoms with Gasteiger partial charge in [-0.3, -0.25) is 0 Å². The third-order valence-corrected chi connectivity index (χ3v) is 5.29. The predicted octanol–water partition coefficient (Wildman–Crippen LogP) is 2.54. The highest BCUT2D eigenvalue weighted by Crippen LogP contribution is 2.23. The Hall–Kier alpha value is -2.78. The highest BCUT2D eigenvalue weighted by atomic mass is 32.2. The monoisotopic (exact) mass is 390 g/mol. The molecule has 0 bridgehead atoms. The zero-order valence-electron chi connectivity index (χ0n) is 14.6. The van der Waals surface area contributed by atoms with E-state index >= 15 is 0 Å². The summed E-state index contributed by atoms with van der Waals surface area (Å²) in [5.41, 5.74) is 0.741. The Bertz CT molecular complexity index is 979. The fourth-order valence-electron chi connectivity index (χ4n) is 2.57. The van der Waals surface area contributed by atoms with Gasteiger partial charge in [0, 0.05) is 0 Å². The summed E-state index contributed by atoms with van der Waals surface area (Å²) in [5.74, 6) is -0.721. The van der Waals surface area contributed by atoms with Gasteiger partial charge < -0.3 is 4.74 Å². The highest BCUT2D eigenvalue weighted by molar-refractivity contribution is 7.89. The zero-order chi connectivity index (χ0) is 19.3. The molecule has 2 aromatic carbocycles. The van der Waals surface area contributed by atoms with E-state index in [2.05, 4.69) is 14.9 Å². The van der Waals surface area contributed by atoms with E-state index in [-0.39, 0.29) is 23.8 Å². The lowest BCUT2D eigenvalue weighted by molar-refractivity contribution is 0.321. The number of nitrogens with one attached hydrogen (secondary N) is 1. The fraction of sp³-hybridized carbons (Fsp3) is 0.222. The predicted molar refractivity (Wildman–Crippen MR) is 97.1 cm³/mol. The summed E-state index contributed by atoms with van der Waals surface area (Å²) in [4.78, 5) is 1.21. The first-order valence-electron chi connectivity index (χ1n) is 8.33. The molecule has 27 heavy (non-hydrogen) atoms. The van der Waals surface area contributed by atoms with Crippen molar-refractivity contribution < 1.29 is 17.5 Å². The van der Waals surface area contributed by atoms with Crippen LogP contribution in [-0.2, 0) is 16.6 Å². The van der Waals surface area contributed by atoms with Crippen LogP contribution in [0.5, 0.6) is 5.75 Å². The van der Waals surface area contributed by atoms with Gasteiger partial charge >= 0.3 is 0 Å². The minimum Gasteiger partial charge on any atom is -0.491 e. The third kappa shape index (κ3) is 4.69. The first kappa shape index (κ1) is 19.0. The van der Waals surface area contributed by atoms with Gasteiger partial charge in [-0.25, -0.2) is 17.5 Å². The normalized spacial score (nSPS) is 12.7. The standard InChI is InChI=1S/C18H19FN4O3S/c1-2-26-18-9-8-15(12-16(18)19)27(24,25)22-17(13-23-20-10-11-21-23)14-6-4-3-5-7-14/h3-12,17,22H,2,13H2,1H3. The van der Waals surface area contributed by atoms with E-state index < -0.39 is 21.9 Å². The van der Waals surface area contributed by atoms with E-state index in [1.807, 2.05) is 18.2 Å². The van der Waals surface area contributed by atoms with Crippen molar-refractivity contribution in [1.82, 2.24) is 19.7 Å². The molecule has 9 heteroatoms. The summed E-state index contributed by atoms with van der Waals surface area (Å²) < 4.78 is 47.4. The molecule has 0 aliphatic heterocycles. The van der Waals surface area contributed by atoms with Gasteiger partial charge in [-0.1, -0.05) is 30.3 Å². The number of sulfonamides is 1. The fourth-order valence-corrected chi connectivity index (χ4v) is 3.80. The molecule has 1 heterocycles. The number of benzene rings is 2. The highest BCUT2D eigenvalue weighted by Gasteiger charge is 2.23. The summed E-state index contributed by atoms with van der Waals surface area (Å²) >= 11 is 0. The van der Waals surface area contributed by atoms with E-state index in [0.29, 0.717) is 0 Å². The van der Waals surface area contributed by atoms with Crippen molar-refractivity contribution in [1.29, 1.82) is 0 Å². The molecule has 1 aromatic heterocycles. The van der Waals surface area contributed by atoms with Crippen LogP contribution in [0, 0.1) is 5.82 Å². The molecule has 1 N–H and O–H groups in total. The molecule has 0 aliphatic carbocycles. The maximum atomic E-state index is 14.1. The van der Waals surface area contributed by atoms with Crippen LogP contribution in [0.25, 0.3) is 0 Å². The van der Waals surface area contributed by atoms with E-state index in [1.54, 1.807) is 19.1 Å². The van der Waals surface area contributed by atoms with Crippen molar-refractivity contribution in [3.05, 3.63) is 72.3 Å². The lowest BCUT2D eigenvalue weighted by Gasteiger charge is -2.19. The van der Waals surface area contributed by atoms with Crippen LogP contribution < -0.4 is 9.46 Å². The molecule has 0 spiro atoms. The quantitative estimate of drug-likeness (QED) is 0.639. The van der Waals surface area contributed by atoms with Crippen molar-refractivity contribution in [2.75, 3.05) is 6.61 Å². The molecule has 1 unspecified atom stereocenters. The molecule has 0 saturated carbocycles. The Kier molecular flexibility index (Phi) is 5.82. The number of ether oxygens (including phenoxy) is 1. The first-order chi connectivity index (χ1) is 13.0. The lowest BCUT2D eigenvalue weighted by atomic mass is 10.1. The SMILES string of the molecule is CCOc1ccc(S(=O)(=O)NC(Cn2nccn2)c2ccccc2)cc1F. The van der Waals surface area contributed by atoms with Crippen LogP contribution in [0.15, 0.2) is 65.8 Å². The summed E-state index contributed by atoms with van der Waals surface area (Å²) in [5, 5.41) is 8.05. The van der Waals surface area contributed by atoms with E-state index in [0.717, 1.165) is 11.6 Å². The summed E-state index contributed by atoms with van der Waals surface area (Å²) in [6, 6.07) is 12.0. The van der Waals surface area contributed by atoms with Crippen molar-refractivity contribution in [3.8, 4) is 5.75 Å². The van der Waals surface area contributed by atoms with Crippen LogP contribution in [0.1, 0.15) is 18.5 Å². The van der Waals surface area contributed by atoms with Gasteiger partial charge in [-0.2, -0.15) is 15.0 Å². The summed E-state index contributed by atoms with van der Waals surface area (Å²) in [6.07, 6.45) is 3.02. The van der Waals surface area contributed by atoms with Gasteiger partial charge in [-0.05, 0) is 30.7 Å². The molecule has 3 aromatic rings. The number of halogens is 1. The topological polar surface area (TPSA) is 86.1 Å². The zero-order valence-corrected chi connectivity index (χ0v) is 15.4. The Labute approximate surface area is 156 Å².